The van der Waals surface area contributed by atoms with E-state index in [9.17, 15) is 9.90 Å². The standard InChI is InChI=1S/C29H33N3O2/c1-3-32(4-2)29(34)24-13-11-22(12-14-24)28(25-8-7-10-27(33)20-25)23-15-18-31(19-16-23)21-26-9-5-6-17-30-26/h5-14,17,20,33H,3-4,15-16,18-19,21H2,1-2H3. The molecule has 5 heteroatoms. The van der Waals surface area contributed by atoms with Crippen LogP contribution in [0.3, 0.4) is 0 Å². The van der Waals surface area contributed by atoms with E-state index >= 15 is 0 Å². The average molecular weight is 456 g/mol. The number of hydrogen-bond donors (Lipinski definition) is 1. The number of likely N-dealkylation sites (tertiary alicyclic amines) is 1. The highest BCUT2D eigenvalue weighted by Crippen LogP contribution is 2.34. The molecule has 2 heterocycles. The van der Waals surface area contributed by atoms with Crippen molar-refractivity contribution in [1.82, 2.24) is 14.8 Å². The van der Waals surface area contributed by atoms with Gasteiger partial charge in [-0.1, -0.05) is 35.9 Å². The molecule has 3 aromatic rings. The molecule has 0 radical (unpaired) electrons. The van der Waals surface area contributed by atoms with Crippen LogP contribution in [-0.4, -0.2) is 52.0 Å². The molecule has 0 atom stereocenters. The first-order chi connectivity index (χ1) is 16.6. The SMILES string of the molecule is CCN(CC)C(=O)c1ccc(C(=C2CCN(Cc3ccccn3)CC2)c2cccc(O)c2)cc1. The first-order valence-electron chi connectivity index (χ1n) is 12.1. The fourth-order valence-electron chi connectivity index (χ4n) is 4.66. The van der Waals surface area contributed by atoms with Crippen LogP contribution in [0.2, 0.25) is 0 Å². The second kappa shape index (κ2) is 11.1. The quantitative estimate of drug-likeness (QED) is 0.521. The summed E-state index contributed by atoms with van der Waals surface area (Å²) in [5, 5.41) is 10.2. The van der Waals surface area contributed by atoms with Crippen molar-refractivity contribution in [3.05, 3.63) is 101 Å². The summed E-state index contributed by atoms with van der Waals surface area (Å²) in [4.78, 5) is 21.5. The highest BCUT2D eigenvalue weighted by Gasteiger charge is 2.20. The maximum atomic E-state index is 12.8. The molecule has 0 bridgehead atoms. The van der Waals surface area contributed by atoms with E-state index in [0.717, 1.165) is 54.9 Å². The van der Waals surface area contributed by atoms with Gasteiger partial charge in [-0.25, -0.2) is 0 Å². The molecule has 176 valence electrons. The number of aromatic nitrogens is 1. The molecule has 1 aliphatic heterocycles. The Morgan fingerprint density at radius 3 is 2.24 bits per heavy atom. The molecule has 34 heavy (non-hydrogen) atoms. The maximum Gasteiger partial charge on any atom is 0.253 e. The van der Waals surface area contributed by atoms with Crippen LogP contribution in [0.1, 0.15) is 53.9 Å². The minimum absolute atomic E-state index is 0.0611. The Kier molecular flexibility index (Phi) is 7.76. The van der Waals surface area contributed by atoms with E-state index in [1.807, 2.05) is 73.5 Å². The molecular formula is C29H33N3O2. The minimum atomic E-state index is 0.0611. The van der Waals surface area contributed by atoms with E-state index in [2.05, 4.69) is 22.0 Å². The van der Waals surface area contributed by atoms with Crippen molar-refractivity contribution in [3.63, 3.8) is 0 Å². The van der Waals surface area contributed by atoms with Gasteiger partial charge in [0.1, 0.15) is 5.75 Å². The van der Waals surface area contributed by atoms with Crippen molar-refractivity contribution < 1.29 is 9.90 Å². The fraction of sp³-hybridized carbons (Fsp3) is 0.310. The third-order valence-corrected chi connectivity index (χ3v) is 6.53. The number of phenolic OH excluding ortho intramolecular Hbond substituents is 1. The molecule has 1 amide bonds. The van der Waals surface area contributed by atoms with Crippen LogP contribution in [0.25, 0.3) is 5.57 Å². The number of aromatic hydroxyl groups is 1. The normalized spacial score (nSPS) is 14.1. The van der Waals surface area contributed by atoms with E-state index in [1.54, 1.807) is 6.07 Å². The molecule has 0 unspecified atom stereocenters. The molecular weight excluding hydrogens is 422 g/mol. The zero-order chi connectivity index (χ0) is 23.9. The van der Waals surface area contributed by atoms with Crippen molar-refractivity contribution in [2.24, 2.45) is 0 Å². The lowest BCUT2D eigenvalue weighted by molar-refractivity contribution is 0.0773. The first-order valence-corrected chi connectivity index (χ1v) is 12.1. The molecule has 0 spiro atoms. The number of phenols is 1. The van der Waals surface area contributed by atoms with Crippen LogP contribution in [-0.2, 0) is 6.54 Å². The maximum absolute atomic E-state index is 12.8. The van der Waals surface area contributed by atoms with E-state index in [0.29, 0.717) is 18.7 Å². The number of carbonyl (C=O) groups is 1. The monoisotopic (exact) mass is 455 g/mol. The lowest BCUT2D eigenvalue weighted by atomic mass is 9.88. The summed E-state index contributed by atoms with van der Waals surface area (Å²) in [6, 6.07) is 21.5. The number of amides is 1. The summed E-state index contributed by atoms with van der Waals surface area (Å²) in [6.07, 6.45) is 3.76. The Bertz CT molecular complexity index is 1130. The van der Waals surface area contributed by atoms with E-state index in [1.165, 1.54) is 5.57 Å². The molecule has 0 aliphatic carbocycles. The van der Waals surface area contributed by atoms with Crippen LogP contribution in [0.5, 0.6) is 5.75 Å². The molecule has 5 nitrogen and oxygen atoms in total. The zero-order valence-electron chi connectivity index (χ0n) is 20.1. The first kappa shape index (κ1) is 23.7. The van der Waals surface area contributed by atoms with Gasteiger partial charge in [0.05, 0.1) is 5.69 Å². The van der Waals surface area contributed by atoms with Crippen LogP contribution in [0, 0.1) is 0 Å². The lowest BCUT2D eigenvalue weighted by Crippen LogP contribution is -2.31. The molecule has 1 fully saturated rings. The lowest BCUT2D eigenvalue weighted by Gasteiger charge is -2.30. The van der Waals surface area contributed by atoms with Gasteiger partial charge in [0.15, 0.2) is 0 Å². The smallest absolute Gasteiger partial charge is 0.253 e. The third-order valence-electron chi connectivity index (χ3n) is 6.53. The minimum Gasteiger partial charge on any atom is -0.508 e. The number of benzene rings is 2. The zero-order valence-corrected chi connectivity index (χ0v) is 20.1. The Balaban J connectivity index is 1.61. The van der Waals surface area contributed by atoms with E-state index in [4.69, 9.17) is 0 Å². The van der Waals surface area contributed by atoms with Crippen LogP contribution >= 0.6 is 0 Å². The Labute approximate surface area is 202 Å². The van der Waals surface area contributed by atoms with Crippen molar-refractivity contribution in [1.29, 1.82) is 0 Å². The van der Waals surface area contributed by atoms with Gasteiger partial charge < -0.3 is 10.0 Å². The summed E-state index contributed by atoms with van der Waals surface area (Å²) in [7, 11) is 0. The van der Waals surface area contributed by atoms with Gasteiger partial charge >= 0.3 is 0 Å². The molecule has 2 aromatic carbocycles. The van der Waals surface area contributed by atoms with E-state index < -0.39 is 0 Å². The number of pyridine rings is 1. The van der Waals surface area contributed by atoms with Crippen molar-refractivity contribution >= 4 is 11.5 Å². The van der Waals surface area contributed by atoms with Gasteiger partial charge in [0.25, 0.3) is 5.91 Å². The second-order valence-corrected chi connectivity index (χ2v) is 8.68. The summed E-state index contributed by atoms with van der Waals surface area (Å²) in [5.41, 5.74) is 6.43. The molecule has 1 aromatic heterocycles. The van der Waals surface area contributed by atoms with Gasteiger partial charge in [0.2, 0.25) is 0 Å². The van der Waals surface area contributed by atoms with Gasteiger partial charge in [-0.2, -0.15) is 0 Å². The molecule has 4 rings (SSSR count). The second-order valence-electron chi connectivity index (χ2n) is 8.68. The van der Waals surface area contributed by atoms with Gasteiger partial charge in [0, 0.05) is 44.5 Å². The highest BCUT2D eigenvalue weighted by molar-refractivity contribution is 5.95. The van der Waals surface area contributed by atoms with Crippen molar-refractivity contribution in [2.75, 3.05) is 26.2 Å². The summed E-state index contributed by atoms with van der Waals surface area (Å²) in [5.74, 6) is 0.322. The topological polar surface area (TPSA) is 56.7 Å². The summed E-state index contributed by atoms with van der Waals surface area (Å²) in [6.45, 7) is 8.19. The Morgan fingerprint density at radius 2 is 1.62 bits per heavy atom. The molecule has 0 saturated carbocycles. The van der Waals surface area contributed by atoms with Gasteiger partial charge in [-0.3, -0.25) is 14.7 Å². The number of carbonyl (C=O) groups excluding carboxylic acids is 1. The molecule has 1 N–H and O–H groups in total. The Hall–Kier alpha value is -3.44. The number of hydrogen-bond acceptors (Lipinski definition) is 4. The highest BCUT2D eigenvalue weighted by atomic mass is 16.3. The third kappa shape index (κ3) is 5.54. The number of nitrogens with zero attached hydrogens (tertiary/aromatic N) is 3. The Morgan fingerprint density at radius 1 is 0.912 bits per heavy atom. The largest absolute Gasteiger partial charge is 0.508 e. The van der Waals surface area contributed by atoms with Gasteiger partial charge in [-0.15, -0.1) is 0 Å². The van der Waals surface area contributed by atoms with Gasteiger partial charge in [-0.05, 0) is 79.8 Å². The number of piperidine rings is 1. The molecule has 1 aliphatic rings. The average Bonchev–Trinajstić information content (AvgIpc) is 2.87. The predicted molar refractivity (Wildman–Crippen MR) is 137 cm³/mol. The fourth-order valence-corrected chi connectivity index (χ4v) is 4.66. The van der Waals surface area contributed by atoms with Crippen LogP contribution < -0.4 is 0 Å². The molecule has 1 saturated heterocycles. The van der Waals surface area contributed by atoms with Crippen molar-refractivity contribution in [2.45, 2.75) is 33.2 Å². The summed E-state index contributed by atoms with van der Waals surface area (Å²) >= 11 is 0. The van der Waals surface area contributed by atoms with Crippen molar-refractivity contribution in [3.8, 4) is 5.75 Å². The van der Waals surface area contributed by atoms with E-state index in [-0.39, 0.29) is 11.7 Å². The van der Waals surface area contributed by atoms with Crippen LogP contribution in [0.15, 0.2) is 78.5 Å². The predicted octanol–water partition coefficient (Wildman–Crippen LogP) is 5.37. The summed E-state index contributed by atoms with van der Waals surface area (Å²) < 4.78 is 0. The van der Waals surface area contributed by atoms with Crippen LogP contribution in [0.4, 0.5) is 0 Å². The number of rotatable bonds is 7.